The van der Waals surface area contributed by atoms with Gasteiger partial charge in [0.05, 0.1) is 25.3 Å². The van der Waals surface area contributed by atoms with Gasteiger partial charge in [0.25, 0.3) is 5.91 Å². The van der Waals surface area contributed by atoms with Crippen molar-refractivity contribution in [2.45, 2.75) is 26.0 Å². The number of carbonyl (C=O) groups is 1. The van der Waals surface area contributed by atoms with Gasteiger partial charge in [-0.15, -0.1) is 0 Å². The molecule has 3 aromatic carbocycles. The predicted molar refractivity (Wildman–Crippen MR) is 138 cm³/mol. The van der Waals surface area contributed by atoms with E-state index in [1.54, 1.807) is 6.07 Å². The second kappa shape index (κ2) is 9.63. The molecule has 0 radical (unpaired) electrons. The fourth-order valence-electron chi connectivity index (χ4n) is 4.93. The molecule has 6 nitrogen and oxygen atoms in total. The van der Waals surface area contributed by atoms with Crippen LogP contribution in [-0.4, -0.2) is 48.3 Å². The van der Waals surface area contributed by atoms with Gasteiger partial charge in [0.1, 0.15) is 18.4 Å². The van der Waals surface area contributed by atoms with Gasteiger partial charge in [0.2, 0.25) is 0 Å². The fraction of sp³-hybridized carbons (Fsp3) is 0.267. The maximum atomic E-state index is 13.5. The number of hydrogen-bond acceptors (Lipinski definition) is 5. The number of aryl methyl sites for hydroxylation is 1. The van der Waals surface area contributed by atoms with Gasteiger partial charge < -0.3 is 19.1 Å². The lowest BCUT2D eigenvalue weighted by Crippen LogP contribution is -2.33. The summed E-state index contributed by atoms with van der Waals surface area (Å²) in [7, 11) is 0. The van der Waals surface area contributed by atoms with Crippen LogP contribution in [0, 0.1) is 6.92 Å². The lowest BCUT2D eigenvalue weighted by atomic mass is 9.97. The molecule has 0 N–H and O–H groups in total. The topological polar surface area (TPSA) is 60.9 Å². The number of ether oxygens (including phenoxy) is 3. The predicted octanol–water partition coefficient (Wildman–Crippen LogP) is 5.41. The zero-order valence-electron chi connectivity index (χ0n) is 20.3. The number of hydrogen-bond donors (Lipinski definition) is 0. The number of rotatable bonds is 4. The van der Waals surface area contributed by atoms with Crippen LogP contribution in [0.25, 0.3) is 22.0 Å². The minimum Gasteiger partial charge on any atom is -0.487 e. The molecule has 0 bridgehead atoms. The number of carbonyl (C=O) groups excluding carboxylic acids is 1. The van der Waals surface area contributed by atoms with E-state index >= 15 is 0 Å². The van der Waals surface area contributed by atoms with Crippen molar-refractivity contribution in [2.75, 3.05) is 26.4 Å². The summed E-state index contributed by atoms with van der Waals surface area (Å²) in [4.78, 5) is 20.0. The zero-order valence-corrected chi connectivity index (χ0v) is 20.3. The van der Waals surface area contributed by atoms with Crippen molar-refractivity contribution in [1.82, 2.24) is 9.88 Å². The van der Waals surface area contributed by atoms with E-state index in [0.717, 1.165) is 34.0 Å². The highest BCUT2D eigenvalue weighted by Crippen LogP contribution is 2.40. The maximum absolute atomic E-state index is 13.5. The molecule has 1 fully saturated rings. The Morgan fingerprint density at radius 1 is 1.03 bits per heavy atom. The van der Waals surface area contributed by atoms with Crippen LogP contribution < -0.4 is 9.47 Å². The van der Waals surface area contributed by atoms with Gasteiger partial charge in [-0.1, -0.05) is 48.5 Å². The van der Waals surface area contributed by atoms with Crippen molar-refractivity contribution < 1.29 is 19.0 Å². The number of para-hydroxylation sites is 1. The average molecular weight is 481 g/mol. The van der Waals surface area contributed by atoms with Crippen molar-refractivity contribution in [3.05, 3.63) is 89.6 Å². The molecule has 1 aromatic heterocycles. The maximum Gasteiger partial charge on any atom is 0.272 e. The Bertz CT molecular complexity index is 1430. The van der Waals surface area contributed by atoms with Crippen LogP contribution in [-0.2, 0) is 11.3 Å². The molecule has 0 aliphatic carbocycles. The summed E-state index contributed by atoms with van der Waals surface area (Å²) in [6, 6.07) is 24.0. The number of fused-ring (bicyclic) bond motifs is 2. The first-order valence-electron chi connectivity index (χ1n) is 12.4. The van der Waals surface area contributed by atoms with Crippen LogP contribution in [0.2, 0.25) is 0 Å². The second-order valence-electron chi connectivity index (χ2n) is 9.35. The first kappa shape index (κ1) is 22.6. The highest BCUT2D eigenvalue weighted by Gasteiger charge is 2.27. The molecule has 6 rings (SSSR count). The number of pyridine rings is 1. The van der Waals surface area contributed by atoms with Gasteiger partial charge in [0, 0.05) is 23.9 Å². The summed E-state index contributed by atoms with van der Waals surface area (Å²) in [5.41, 5.74) is 5.53. The van der Waals surface area contributed by atoms with E-state index in [-0.39, 0.29) is 12.0 Å². The van der Waals surface area contributed by atoms with Gasteiger partial charge in [-0.3, -0.25) is 4.79 Å². The smallest absolute Gasteiger partial charge is 0.272 e. The molecule has 182 valence electrons. The molecular weight excluding hydrogens is 452 g/mol. The molecule has 1 unspecified atom stereocenters. The monoisotopic (exact) mass is 480 g/mol. The zero-order chi connectivity index (χ0) is 24.5. The van der Waals surface area contributed by atoms with E-state index in [2.05, 4.69) is 36.2 Å². The van der Waals surface area contributed by atoms with Gasteiger partial charge in [-0.05, 0) is 47.9 Å². The summed E-state index contributed by atoms with van der Waals surface area (Å²) in [5, 5.41) is 1.01. The molecule has 1 amide bonds. The Labute approximate surface area is 210 Å². The first-order chi connectivity index (χ1) is 17.7. The van der Waals surface area contributed by atoms with E-state index in [1.807, 2.05) is 47.4 Å². The standard InChI is InChI=1S/C30H28N2O4/c1-20-6-2-4-8-25(20)22-16-23-18-32(30(33)27-11-10-21-7-3-5-9-26(21)31-27)13-15-35-29(23)28(17-22)36-24-12-14-34-19-24/h2-11,16-17,24H,12-15,18-19H2,1H3. The molecule has 36 heavy (non-hydrogen) atoms. The molecule has 1 atom stereocenters. The third-order valence-electron chi connectivity index (χ3n) is 6.84. The van der Waals surface area contributed by atoms with E-state index in [1.165, 1.54) is 5.56 Å². The normalized spacial score (nSPS) is 17.4. The fourth-order valence-corrected chi connectivity index (χ4v) is 4.93. The lowest BCUT2D eigenvalue weighted by molar-refractivity contribution is 0.0727. The van der Waals surface area contributed by atoms with Crippen LogP contribution in [0.3, 0.4) is 0 Å². The highest BCUT2D eigenvalue weighted by molar-refractivity contribution is 5.95. The Morgan fingerprint density at radius 2 is 1.89 bits per heavy atom. The summed E-state index contributed by atoms with van der Waals surface area (Å²) in [5.74, 6) is 1.31. The molecule has 6 heteroatoms. The van der Waals surface area contributed by atoms with E-state index in [0.29, 0.717) is 50.1 Å². The third kappa shape index (κ3) is 4.40. The Kier molecular flexibility index (Phi) is 6.03. The SMILES string of the molecule is Cc1ccccc1-c1cc2c(c(OC3CCOC3)c1)OCCN(C(=O)c1ccc3ccccc3n1)C2. The molecule has 0 saturated carbocycles. The van der Waals surface area contributed by atoms with Crippen molar-refractivity contribution in [3.8, 4) is 22.6 Å². The Morgan fingerprint density at radius 3 is 2.75 bits per heavy atom. The van der Waals surface area contributed by atoms with Crippen LogP contribution in [0.5, 0.6) is 11.5 Å². The van der Waals surface area contributed by atoms with Crippen molar-refractivity contribution >= 4 is 16.8 Å². The van der Waals surface area contributed by atoms with Crippen molar-refractivity contribution in [3.63, 3.8) is 0 Å². The quantitative estimate of drug-likeness (QED) is 0.391. The summed E-state index contributed by atoms with van der Waals surface area (Å²) < 4.78 is 18.1. The molecule has 1 saturated heterocycles. The lowest BCUT2D eigenvalue weighted by Gasteiger charge is -2.21. The minimum atomic E-state index is -0.106. The van der Waals surface area contributed by atoms with E-state index < -0.39 is 0 Å². The number of benzene rings is 3. The second-order valence-corrected chi connectivity index (χ2v) is 9.35. The molecule has 2 aliphatic heterocycles. The van der Waals surface area contributed by atoms with Crippen molar-refractivity contribution in [1.29, 1.82) is 0 Å². The number of amides is 1. The van der Waals surface area contributed by atoms with Crippen LogP contribution in [0.1, 0.15) is 28.0 Å². The van der Waals surface area contributed by atoms with Gasteiger partial charge in [-0.2, -0.15) is 0 Å². The Hall–Kier alpha value is -3.90. The van der Waals surface area contributed by atoms with Crippen LogP contribution in [0.4, 0.5) is 0 Å². The van der Waals surface area contributed by atoms with Crippen LogP contribution in [0.15, 0.2) is 72.8 Å². The summed E-state index contributed by atoms with van der Waals surface area (Å²) >= 11 is 0. The van der Waals surface area contributed by atoms with Gasteiger partial charge in [0.15, 0.2) is 11.5 Å². The van der Waals surface area contributed by atoms with E-state index in [9.17, 15) is 4.79 Å². The highest BCUT2D eigenvalue weighted by atomic mass is 16.6. The summed E-state index contributed by atoms with van der Waals surface area (Å²) in [6.07, 6.45) is 0.842. The van der Waals surface area contributed by atoms with E-state index in [4.69, 9.17) is 14.2 Å². The molecule has 2 aliphatic rings. The first-order valence-corrected chi connectivity index (χ1v) is 12.4. The Balaban J connectivity index is 1.37. The third-order valence-corrected chi connectivity index (χ3v) is 6.84. The largest absolute Gasteiger partial charge is 0.487 e. The number of nitrogens with zero attached hydrogens (tertiary/aromatic N) is 2. The average Bonchev–Trinajstić information content (AvgIpc) is 3.32. The van der Waals surface area contributed by atoms with Gasteiger partial charge in [-0.25, -0.2) is 4.98 Å². The molecule has 0 spiro atoms. The molecule has 3 heterocycles. The van der Waals surface area contributed by atoms with Crippen molar-refractivity contribution in [2.24, 2.45) is 0 Å². The molecular formula is C30H28N2O4. The number of aromatic nitrogens is 1. The minimum absolute atomic E-state index is 0.00684. The summed E-state index contributed by atoms with van der Waals surface area (Å²) in [6.45, 7) is 4.64. The molecule has 4 aromatic rings. The van der Waals surface area contributed by atoms with Gasteiger partial charge >= 0.3 is 0 Å². The van der Waals surface area contributed by atoms with Crippen LogP contribution >= 0.6 is 0 Å².